The minimum atomic E-state index is -0.761. The molecule has 2 aromatic carbocycles. The predicted molar refractivity (Wildman–Crippen MR) is 89.2 cm³/mol. The highest BCUT2D eigenvalue weighted by Gasteiger charge is 2.30. The van der Waals surface area contributed by atoms with Gasteiger partial charge in [0.2, 0.25) is 5.91 Å². The van der Waals surface area contributed by atoms with Gasteiger partial charge in [-0.25, -0.2) is 9.18 Å². The van der Waals surface area contributed by atoms with Crippen LogP contribution >= 0.6 is 0 Å². The topological polar surface area (TPSA) is 87.3 Å². The highest BCUT2D eigenvalue weighted by atomic mass is 19.1. The molecule has 0 bridgehead atoms. The molecule has 25 heavy (non-hydrogen) atoms. The number of rotatable bonds is 5. The van der Waals surface area contributed by atoms with Crippen LogP contribution in [0, 0.1) is 5.82 Å². The minimum Gasteiger partial charge on any atom is -0.326 e. The third-order valence-corrected chi connectivity index (χ3v) is 3.83. The van der Waals surface area contributed by atoms with Crippen LogP contribution in [0.5, 0.6) is 0 Å². The normalized spacial score (nSPS) is 16.3. The first-order valence-corrected chi connectivity index (χ1v) is 7.77. The van der Waals surface area contributed by atoms with Crippen molar-refractivity contribution in [1.29, 1.82) is 0 Å². The maximum absolute atomic E-state index is 12.9. The van der Waals surface area contributed by atoms with Crippen LogP contribution in [0.2, 0.25) is 0 Å². The van der Waals surface area contributed by atoms with Crippen LogP contribution < -0.4 is 16.0 Å². The molecule has 0 aliphatic carbocycles. The Morgan fingerprint density at radius 2 is 1.88 bits per heavy atom. The predicted octanol–water partition coefficient (Wildman–Crippen LogP) is 2.28. The molecule has 3 rings (SSSR count). The SMILES string of the molecule is O=C(CCc1ccc(F)cc1)Nc1cccc(C2NC(=O)NC2=O)c1. The average molecular weight is 341 g/mol. The first-order valence-electron chi connectivity index (χ1n) is 7.77. The van der Waals surface area contributed by atoms with E-state index in [0.29, 0.717) is 17.7 Å². The van der Waals surface area contributed by atoms with E-state index in [1.165, 1.54) is 12.1 Å². The van der Waals surface area contributed by atoms with Gasteiger partial charge < -0.3 is 10.6 Å². The number of anilines is 1. The van der Waals surface area contributed by atoms with E-state index in [-0.39, 0.29) is 18.1 Å². The van der Waals surface area contributed by atoms with Crippen LogP contribution in [-0.4, -0.2) is 17.8 Å². The molecule has 6 nitrogen and oxygen atoms in total. The Bertz CT molecular complexity index is 821. The van der Waals surface area contributed by atoms with Gasteiger partial charge in [0.15, 0.2) is 0 Å². The van der Waals surface area contributed by atoms with Gasteiger partial charge in [0.25, 0.3) is 5.91 Å². The third kappa shape index (κ3) is 4.20. The van der Waals surface area contributed by atoms with Crippen molar-refractivity contribution in [2.75, 3.05) is 5.32 Å². The quantitative estimate of drug-likeness (QED) is 0.729. The number of hydrogen-bond acceptors (Lipinski definition) is 3. The Balaban J connectivity index is 1.60. The maximum Gasteiger partial charge on any atom is 0.322 e. The molecular formula is C18H16FN3O3. The van der Waals surface area contributed by atoms with Crippen LogP contribution in [0.4, 0.5) is 14.9 Å². The van der Waals surface area contributed by atoms with Gasteiger partial charge in [-0.05, 0) is 41.8 Å². The molecule has 0 radical (unpaired) electrons. The fraction of sp³-hybridized carbons (Fsp3) is 0.167. The zero-order valence-corrected chi connectivity index (χ0v) is 13.2. The molecule has 0 spiro atoms. The number of urea groups is 1. The third-order valence-electron chi connectivity index (χ3n) is 3.83. The summed E-state index contributed by atoms with van der Waals surface area (Å²) in [7, 11) is 0. The highest BCUT2D eigenvalue weighted by molar-refractivity contribution is 6.04. The number of amides is 4. The van der Waals surface area contributed by atoms with Crippen LogP contribution in [0.15, 0.2) is 48.5 Å². The second kappa shape index (κ2) is 7.12. The van der Waals surface area contributed by atoms with Gasteiger partial charge in [-0.2, -0.15) is 0 Å². The summed E-state index contributed by atoms with van der Waals surface area (Å²) in [4.78, 5) is 35.0. The molecule has 0 saturated carbocycles. The van der Waals surface area contributed by atoms with E-state index in [1.807, 2.05) is 0 Å². The number of hydrogen-bond donors (Lipinski definition) is 3. The summed E-state index contributed by atoms with van der Waals surface area (Å²) in [5.41, 5.74) is 1.99. The van der Waals surface area contributed by atoms with E-state index in [0.717, 1.165) is 5.56 Å². The minimum absolute atomic E-state index is 0.193. The molecule has 1 saturated heterocycles. The average Bonchev–Trinajstić information content (AvgIpc) is 2.93. The van der Waals surface area contributed by atoms with E-state index in [4.69, 9.17) is 0 Å². The molecule has 1 heterocycles. The van der Waals surface area contributed by atoms with Crippen molar-refractivity contribution < 1.29 is 18.8 Å². The van der Waals surface area contributed by atoms with Crippen molar-refractivity contribution in [3.8, 4) is 0 Å². The lowest BCUT2D eigenvalue weighted by Gasteiger charge is -2.11. The summed E-state index contributed by atoms with van der Waals surface area (Å²) in [6.07, 6.45) is 0.739. The van der Waals surface area contributed by atoms with Crippen molar-refractivity contribution in [1.82, 2.24) is 10.6 Å². The number of nitrogens with one attached hydrogen (secondary N) is 3. The van der Waals surface area contributed by atoms with Crippen molar-refractivity contribution in [3.05, 3.63) is 65.5 Å². The fourth-order valence-corrected chi connectivity index (χ4v) is 2.58. The zero-order valence-electron chi connectivity index (χ0n) is 13.2. The van der Waals surface area contributed by atoms with Gasteiger partial charge in [-0.1, -0.05) is 24.3 Å². The van der Waals surface area contributed by atoms with E-state index in [9.17, 15) is 18.8 Å². The summed E-state index contributed by atoms with van der Waals surface area (Å²) >= 11 is 0. The summed E-state index contributed by atoms with van der Waals surface area (Å²) in [6, 6.07) is 11.4. The highest BCUT2D eigenvalue weighted by Crippen LogP contribution is 2.20. The van der Waals surface area contributed by atoms with E-state index in [1.54, 1.807) is 36.4 Å². The molecule has 1 atom stereocenters. The molecule has 0 aromatic heterocycles. The Morgan fingerprint density at radius 3 is 2.56 bits per heavy atom. The summed E-state index contributed by atoms with van der Waals surface area (Å²) in [6.45, 7) is 0. The lowest BCUT2D eigenvalue weighted by atomic mass is 10.1. The Kier molecular flexibility index (Phi) is 4.74. The van der Waals surface area contributed by atoms with E-state index >= 15 is 0 Å². The largest absolute Gasteiger partial charge is 0.326 e. The van der Waals surface area contributed by atoms with Gasteiger partial charge in [0.05, 0.1) is 0 Å². The zero-order chi connectivity index (χ0) is 17.8. The Morgan fingerprint density at radius 1 is 1.12 bits per heavy atom. The van der Waals surface area contributed by atoms with Gasteiger partial charge in [-0.15, -0.1) is 0 Å². The summed E-state index contributed by atoms with van der Waals surface area (Å²) in [5, 5.41) is 7.43. The van der Waals surface area contributed by atoms with Crippen molar-refractivity contribution in [2.45, 2.75) is 18.9 Å². The standard InChI is InChI=1S/C18H16FN3O3/c19-13-7-4-11(5-8-13)6-9-15(23)20-14-3-1-2-12(10-14)16-17(24)22-18(25)21-16/h1-5,7-8,10,16H,6,9H2,(H,20,23)(H2,21,22,24,25). The number of halogens is 1. The maximum atomic E-state index is 12.9. The lowest BCUT2D eigenvalue weighted by molar-refractivity contribution is -0.120. The molecule has 1 unspecified atom stereocenters. The Labute approximate surface area is 143 Å². The molecule has 1 aliphatic heterocycles. The van der Waals surface area contributed by atoms with Crippen LogP contribution in [0.25, 0.3) is 0 Å². The smallest absolute Gasteiger partial charge is 0.322 e. The summed E-state index contributed by atoms with van der Waals surface area (Å²) in [5.74, 6) is -0.931. The first kappa shape index (κ1) is 16.6. The number of carbonyl (C=O) groups excluding carboxylic acids is 3. The molecule has 2 aromatic rings. The van der Waals surface area contributed by atoms with Crippen LogP contribution in [-0.2, 0) is 16.0 Å². The van der Waals surface area contributed by atoms with Gasteiger partial charge in [0, 0.05) is 12.1 Å². The fourth-order valence-electron chi connectivity index (χ4n) is 2.58. The van der Waals surface area contributed by atoms with Gasteiger partial charge >= 0.3 is 6.03 Å². The molecule has 128 valence electrons. The Hall–Kier alpha value is -3.22. The second-order valence-electron chi connectivity index (χ2n) is 5.70. The number of benzene rings is 2. The molecule has 1 aliphatic rings. The van der Waals surface area contributed by atoms with Crippen LogP contribution in [0.1, 0.15) is 23.6 Å². The second-order valence-corrected chi connectivity index (χ2v) is 5.70. The monoisotopic (exact) mass is 341 g/mol. The molecule has 3 N–H and O–H groups in total. The van der Waals surface area contributed by atoms with Crippen LogP contribution in [0.3, 0.4) is 0 Å². The van der Waals surface area contributed by atoms with Gasteiger partial charge in [0.1, 0.15) is 11.9 Å². The molecule has 1 fully saturated rings. The summed E-state index contributed by atoms with van der Waals surface area (Å²) < 4.78 is 12.9. The van der Waals surface area contributed by atoms with Crippen molar-refractivity contribution in [2.24, 2.45) is 0 Å². The molecule has 7 heteroatoms. The number of aryl methyl sites for hydroxylation is 1. The number of imide groups is 1. The van der Waals surface area contributed by atoms with Crippen molar-refractivity contribution in [3.63, 3.8) is 0 Å². The van der Waals surface area contributed by atoms with E-state index in [2.05, 4.69) is 16.0 Å². The lowest BCUT2D eigenvalue weighted by Crippen LogP contribution is -2.22. The first-order chi connectivity index (χ1) is 12.0. The van der Waals surface area contributed by atoms with Crippen molar-refractivity contribution >= 4 is 23.5 Å². The van der Waals surface area contributed by atoms with Gasteiger partial charge in [-0.3, -0.25) is 14.9 Å². The molecule has 4 amide bonds. The molecular weight excluding hydrogens is 325 g/mol. The van der Waals surface area contributed by atoms with E-state index < -0.39 is 18.0 Å². The number of carbonyl (C=O) groups is 3.